The summed E-state index contributed by atoms with van der Waals surface area (Å²) in [6.45, 7) is 8.58. The number of nitro benzene ring substituents is 1. The van der Waals surface area contributed by atoms with E-state index in [1.165, 1.54) is 17.7 Å². The van der Waals surface area contributed by atoms with E-state index in [-0.39, 0.29) is 16.4 Å². The first kappa shape index (κ1) is 19.1. The van der Waals surface area contributed by atoms with Gasteiger partial charge in [0.25, 0.3) is 5.69 Å². The third-order valence-electron chi connectivity index (χ3n) is 4.15. The lowest BCUT2D eigenvalue weighted by atomic mass is 9.87. The summed E-state index contributed by atoms with van der Waals surface area (Å²) in [5.74, 6) is 0.878. The summed E-state index contributed by atoms with van der Waals surface area (Å²) in [6, 6.07) is 14.6. The molecule has 0 aliphatic carbocycles. The van der Waals surface area contributed by atoms with Crippen LogP contribution in [-0.4, -0.2) is 15.1 Å². The molecule has 0 aliphatic heterocycles. The lowest BCUT2D eigenvalue weighted by Crippen LogP contribution is -2.10. The highest BCUT2D eigenvalue weighted by Crippen LogP contribution is 2.36. The van der Waals surface area contributed by atoms with Gasteiger partial charge in [0.05, 0.1) is 10.2 Å². The van der Waals surface area contributed by atoms with Crippen LogP contribution in [0.3, 0.4) is 0 Å². The Kier molecular flexibility index (Phi) is 5.32. The summed E-state index contributed by atoms with van der Waals surface area (Å²) in [4.78, 5) is 11.4. The Labute approximate surface area is 162 Å². The third kappa shape index (κ3) is 4.54. The third-order valence-corrected chi connectivity index (χ3v) is 5.25. The number of benzene rings is 2. The van der Waals surface area contributed by atoms with Gasteiger partial charge in [0.2, 0.25) is 11.8 Å². The van der Waals surface area contributed by atoms with Crippen LogP contribution in [0.15, 0.2) is 57.8 Å². The van der Waals surface area contributed by atoms with Crippen molar-refractivity contribution >= 4 is 17.4 Å². The average molecular weight is 383 g/mol. The van der Waals surface area contributed by atoms with Crippen LogP contribution in [-0.2, 0) is 5.41 Å². The van der Waals surface area contributed by atoms with Gasteiger partial charge in [-0.2, -0.15) is 0 Å². The number of non-ortho nitro benzene ring substituents is 1. The van der Waals surface area contributed by atoms with Crippen molar-refractivity contribution in [3.05, 3.63) is 70.1 Å². The Bertz CT molecular complexity index is 928. The Balaban J connectivity index is 1.71. The summed E-state index contributed by atoms with van der Waals surface area (Å²) in [6.07, 6.45) is 0. The molecule has 3 rings (SSSR count). The topological polar surface area (TPSA) is 82.1 Å². The first-order valence-corrected chi connectivity index (χ1v) is 9.47. The van der Waals surface area contributed by atoms with Crippen molar-refractivity contribution in [3.8, 4) is 11.5 Å². The van der Waals surface area contributed by atoms with Crippen molar-refractivity contribution in [2.45, 2.75) is 43.3 Å². The molecule has 2 aromatic carbocycles. The molecule has 1 atom stereocenters. The Morgan fingerprint density at radius 2 is 1.67 bits per heavy atom. The van der Waals surface area contributed by atoms with E-state index in [1.54, 1.807) is 23.9 Å². The molecule has 1 aromatic heterocycles. The number of nitro groups is 1. The zero-order chi connectivity index (χ0) is 19.6. The largest absolute Gasteiger partial charge is 0.419 e. The van der Waals surface area contributed by atoms with Gasteiger partial charge < -0.3 is 4.42 Å². The molecule has 27 heavy (non-hydrogen) atoms. The SMILES string of the molecule is CC(Sc1ccc(C(C)(C)C)cc1)c1nnc(-c2ccc([N+](=O)[O-])cc2)o1. The number of rotatable bonds is 5. The van der Waals surface area contributed by atoms with Crippen LogP contribution in [0.5, 0.6) is 0 Å². The molecule has 0 fully saturated rings. The van der Waals surface area contributed by atoms with Crippen LogP contribution in [0.4, 0.5) is 5.69 Å². The molecule has 140 valence electrons. The molecule has 7 heteroatoms. The maximum Gasteiger partial charge on any atom is 0.269 e. The zero-order valence-corrected chi connectivity index (χ0v) is 16.5. The second-order valence-corrected chi connectivity index (χ2v) is 8.70. The molecule has 1 unspecified atom stereocenters. The van der Waals surface area contributed by atoms with Gasteiger partial charge in [-0.05, 0) is 42.2 Å². The smallest absolute Gasteiger partial charge is 0.269 e. The normalized spacial score (nSPS) is 12.7. The van der Waals surface area contributed by atoms with Gasteiger partial charge in [-0.15, -0.1) is 22.0 Å². The van der Waals surface area contributed by atoms with E-state index in [4.69, 9.17) is 4.42 Å². The van der Waals surface area contributed by atoms with Crippen molar-refractivity contribution in [2.75, 3.05) is 0 Å². The summed E-state index contributed by atoms with van der Waals surface area (Å²) in [7, 11) is 0. The molecule has 0 aliphatic rings. The van der Waals surface area contributed by atoms with Gasteiger partial charge >= 0.3 is 0 Å². The standard InChI is InChI=1S/C20H21N3O3S/c1-13(27-17-11-7-15(8-12-17)20(2,3)4)18-21-22-19(26-18)14-5-9-16(10-6-14)23(24)25/h5-13H,1-4H3. The van der Waals surface area contributed by atoms with Crippen molar-refractivity contribution in [2.24, 2.45) is 0 Å². The van der Waals surface area contributed by atoms with Gasteiger partial charge in [-0.3, -0.25) is 10.1 Å². The minimum atomic E-state index is -0.438. The highest BCUT2D eigenvalue weighted by Gasteiger charge is 2.18. The molecule has 0 spiro atoms. The Morgan fingerprint density at radius 1 is 1.04 bits per heavy atom. The quantitative estimate of drug-likeness (QED) is 0.315. The minimum Gasteiger partial charge on any atom is -0.419 e. The fourth-order valence-corrected chi connectivity index (χ4v) is 3.43. The number of aromatic nitrogens is 2. The summed E-state index contributed by atoms with van der Waals surface area (Å²) in [5.41, 5.74) is 2.10. The first-order valence-electron chi connectivity index (χ1n) is 8.59. The molecule has 6 nitrogen and oxygen atoms in total. The van der Waals surface area contributed by atoms with Crippen LogP contribution < -0.4 is 0 Å². The van der Waals surface area contributed by atoms with Gasteiger partial charge in [0.1, 0.15) is 0 Å². The van der Waals surface area contributed by atoms with E-state index in [1.807, 2.05) is 6.92 Å². The van der Waals surface area contributed by atoms with E-state index >= 15 is 0 Å². The van der Waals surface area contributed by atoms with Crippen molar-refractivity contribution < 1.29 is 9.34 Å². The monoisotopic (exact) mass is 383 g/mol. The maximum absolute atomic E-state index is 10.7. The highest BCUT2D eigenvalue weighted by molar-refractivity contribution is 7.99. The number of nitrogens with zero attached hydrogens (tertiary/aromatic N) is 3. The van der Waals surface area contributed by atoms with Gasteiger partial charge in [-0.1, -0.05) is 32.9 Å². The zero-order valence-electron chi connectivity index (χ0n) is 15.7. The van der Waals surface area contributed by atoms with E-state index in [0.717, 1.165) is 4.90 Å². The van der Waals surface area contributed by atoms with Gasteiger partial charge in [0.15, 0.2) is 0 Å². The van der Waals surface area contributed by atoms with E-state index in [9.17, 15) is 10.1 Å². The molecule has 0 N–H and O–H groups in total. The van der Waals surface area contributed by atoms with Crippen molar-refractivity contribution in [1.29, 1.82) is 0 Å². The number of hydrogen-bond donors (Lipinski definition) is 0. The second kappa shape index (κ2) is 7.52. The lowest BCUT2D eigenvalue weighted by Gasteiger charge is -2.19. The molecule has 0 amide bonds. The van der Waals surface area contributed by atoms with Crippen molar-refractivity contribution in [3.63, 3.8) is 0 Å². The van der Waals surface area contributed by atoms with E-state index in [0.29, 0.717) is 17.3 Å². The highest BCUT2D eigenvalue weighted by atomic mass is 32.2. The van der Waals surface area contributed by atoms with Gasteiger partial charge in [-0.25, -0.2) is 0 Å². The van der Waals surface area contributed by atoms with E-state index in [2.05, 4.69) is 55.2 Å². The lowest BCUT2D eigenvalue weighted by molar-refractivity contribution is -0.384. The number of hydrogen-bond acceptors (Lipinski definition) is 6. The second-order valence-electron chi connectivity index (χ2n) is 7.28. The minimum absolute atomic E-state index is 0.00946. The van der Waals surface area contributed by atoms with Gasteiger partial charge in [0, 0.05) is 22.6 Å². The van der Waals surface area contributed by atoms with E-state index < -0.39 is 4.92 Å². The fraction of sp³-hybridized carbons (Fsp3) is 0.300. The van der Waals surface area contributed by atoms with Crippen LogP contribution in [0.2, 0.25) is 0 Å². The average Bonchev–Trinajstić information content (AvgIpc) is 3.12. The summed E-state index contributed by atoms with van der Waals surface area (Å²) >= 11 is 1.65. The molecule has 3 aromatic rings. The predicted octanol–water partition coefficient (Wildman–Crippen LogP) is 5.80. The van der Waals surface area contributed by atoms with Crippen molar-refractivity contribution in [1.82, 2.24) is 10.2 Å². The fourth-order valence-electron chi connectivity index (χ4n) is 2.53. The summed E-state index contributed by atoms with van der Waals surface area (Å²) < 4.78 is 5.77. The molecule has 1 heterocycles. The van der Waals surface area contributed by atoms with Crippen LogP contribution in [0, 0.1) is 10.1 Å². The van der Waals surface area contributed by atoms with Crippen LogP contribution in [0.1, 0.15) is 44.4 Å². The Hall–Kier alpha value is -2.67. The molecule has 0 bridgehead atoms. The first-order chi connectivity index (χ1) is 12.7. The molecule has 0 saturated heterocycles. The van der Waals surface area contributed by atoms with Crippen LogP contribution >= 0.6 is 11.8 Å². The molecule has 0 radical (unpaired) electrons. The summed E-state index contributed by atoms with van der Waals surface area (Å²) in [5, 5.41) is 18.9. The number of thioether (sulfide) groups is 1. The van der Waals surface area contributed by atoms with Crippen LogP contribution in [0.25, 0.3) is 11.5 Å². The molecular weight excluding hydrogens is 362 g/mol. The Morgan fingerprint density at radius 3 is 2.22 bits per heavy atom. The predicted molar refractivity (Wildman–Crippen MR) is 106 cm³/mol. The maximum atomic E-state index is 10.7. The molecule has 0 saturated carbocycles. The molecular formula is C20H21N3O3S.